The minimum Gasteiger partial charge on any atom is -0.508 e. The van der Waals surface area contributed by atoms with Crippen LogP contribution in [0.2, 0.25) is 0 Å². The van der Waals surface area contributed by atoms with Crippen molar-refractivity contribution in [3.63, 3.8) is 0 Å². The van der Waals surface area contributed by atoms with Gasteiger partial charge in [-0.15, -0.1) is 0 Å². The van der Waals surface area contributed by atoms with Gasteiger partial charge in [0.05, 0.1) is 0 Å². The Balaban J connectivity index is 0.000000791. The SMILES string of the molecule is C/C=C(/N)c1cc(O)ccc1C.CC. The molecular formula is C12H19NO. The Hall–Kier alpha value is -1.44. The van der Waals surface area contributed by atoms with E-state index < -0.39 is 0 Å². The van der Waals surface area contributed by atoms with Gasteiger partial charge < -0.3 is 10.8 Å². The number of nitrogens with two attached hydrogens (primary N) is 1. The van der Waals surface area contributed by atoms with Crippen molar-refractivity contribution in [2.24, 2.45) is 5.73 Å². The molecule has 0 heterocycles. The molecule has 1 aromatic rings. The van der Waals surface area contributed by atoms with Gasteiger partial charge in [-0.2, -0.15) is 0 Å². The van der Waals surface area contributed by atoms with Gasteiger partial charge in [-0.3, -0.25) is 0 Å². The molecule has 0 saturated heterocycles. The zero-order chi connectivity index (χ0) is 11.1. The van der Waals surface area contributed by atoms with E-state index in [0.29, 0.717) is 5.70 Å². The van der Waals surface area contributed by atoms with Crippen molar-refractivity contribution in [3.8, 4) is 5.75 Å². The van der Waals surface area contributed by atoms with E-state index in [1.165, 1.54) is 0 Å². The minimum atomic E-state index is 0.250. The highest BCUT2D eigenvalue weighted by atomic mass is 16.3. The summed E-state index contributed by atoms with van der Waals surface area (Å²) >= 11 is 0. The summed E-state index contributed by atoms with van der Waals surface area (Å²) in [6.07, 6.45) is 1.82. The number of phenolic OH excluding ortho intramolecular Hbond substituents is 1. The summed E-state index contributed by atoms with van der Waals surface area (Å²) in [5.41, 5.74) is 8.38. The number of aryl methyl sites for hydroxylation is 1. The molecule has 1 rings (SSSR count). The Bertz CT molecular complexity index is 316. The quantitative estimate of drug-likeness (QED) is 0.720. The molecule has 2 heteroatoms. The van der Waals surface area contributed by atoms with Gasteiger partial charge in [0.25, 0.3) is 0 Å². The lowest BCUT2D eigenvalue weighted by Gasteiger charge is -2.05. The first-order chi connectivity index (χ1) is 6.65. The van der Waals surface area contributed by atoms with Crippen LogP contribution >= 0.6 is 0 Å². The van der Waals surface area contributed by atoms with Crippen LogP contribution in [-0.4, -0.2) is 5.11 Å². The fourth-order valence-electron chi connectivity index (χ4n) is 1.08. The second-order valence-electron chi connectivity index (χ2n) is 2.74. The summed E-state index contributed by atoms with van der Waals surface area (Å²) in [4.78, 5) is 0. The van der Waals surface area contributed by atoms with E-state index in [1.54, 1.807) is 12.1 Å². The van der Waals surface area contributed by atoms with Crippen molar-refractivity contribution >= 4 is 5.70 Å². The Morgan fingerprint density at radius 2 is 1.93 bits per heavy atom. The number of hydrogen-bond acceptors (Lipinski definition) is 2. The molecular weight excluding hydrogens is 174 g/mol. The zero-order valence-corrected chi connectivity index (χ0v) is 9.33. The average molecular weight is 193 g/mol. The largest absolute Gasteiger partial charge is 0.508 e. The van der Waals surface area contributed by atoms with Crippen LogP contribution in [0, 0.1) is 6.92 Å². The predicted octanol–water partition coefficient (Wildman–Crippen LogP) is 3.05. The molecule has 0 saturated carbocycles. The van der Waals surface area contributed by atoms with Gasteiger partial charge in [0.2, 0.25) is 0 Å². The molecule has 0 amide bonds. The number of aromatic hydroxyl groups is 1. The van der Waals surface area contributed by atoms with E-state index in [0.717, 1.165) is 11.1 Å². The van der Waals surface area contributed by atoms with Crippen LogP contribution in [0.25, 0.3) is 5.70 Å². The highest BCUT2D eigenvalue weighted by Crippen LogP contribution is 2.19. The van der Waals surface area contributed by atoms with Crippen molar-refractivity contribution < 1.29 is 5.11 Å². The van der Waals surface area contributed by atoms with Crippen LogP contribution in [0.3, 0.4) is 0 Å². The minimum absolute atomic E-state index is 0.250. The summed E-state index contributed by atoms with van der Waals surface area (Å²) in [5.74, 6) is 0.250. The second-order valence-corrected chi connectivity index (χ2v) is 2.74. The molecule has 0 unspecified atom stereocenters. The van der Waals surface area contributed by atoms with Gasteiger partial charge in [0.1, 0.15) is 5.75 Å². The second kappa shape index (κ2) is 6.08. The van der Waals surface area contributed by atoms with Gasteiger partial charge in [-0.05, 0) is 31.5 Å². The van der Waals surface area contributed by atoms with Crippen LogP contribution in [0.4, 0.5) is 0 Å². The normalized spacial score (nSPS) is 10.4. The zero-order valence-electron chi connectivity index (χ0n) is 9.33. The number of allylic oxidation sites excluding steroid dienone is 1. The third-order valence-electron chi connectivity index (χ3n) is 1.84. The van der Waals surface area contributed by atoms with Crippen molar-refractivity contribution in [3.05, 3.63) is 35.4 Å². The fraction of sp³-hybridized carbons (Fsp3) is 0.333. The van der Waals surface area contributed by atoms with Crippen molar-refractivity contribution in [1.29, 1.82) is 0 Å². The standard InChI is InChI=1S/C10H13NO.C2H6/c1-3-10(11)9-6-8(12)5-4-7(9)2;1-2/h3-6,12H,11H2,1-2H3;1-2H3/b10-3+;. The third kappa shape index (κ3) is 3.13. The van der Waals surface area contributed by atoms with Gasteiger partial charge in [-0.1, -0.05) is 26.0 Å². The van der Waals surface area contributed by atoms with Gasteiger partial charge in [0, 0.05) is 11.3 Å². The Kier molecular flexibility index (Phi) is 5.46. The number of rotatable bonds is 1. The summed E-state index contributed by atoms with van der Waals surface area (Å²) in [7, 11) is 0. The summed E-state index contributed by atoms with van der Waals surface area (Å²) in [6.45, 7) is 7.84. The van der Waals surface area contributed by atoms with E-state index in [2.05, 4.69) is 0 Å². The Morgan fingerprint density at radius 3 is 2.43 bits per heavy atom. The first kappa shape index (κ1) is 12.6. The van der Waals surface area contributed by atoms with E-state index in [1.807, 2.05) is 39.8 Å². The number of hydrogen-bond donors (Lipinski definition) is 2. The highest BCUT2D eigenvalue weighted by molar-refractivity contribution is 5.66. The Morgan fingerprint density at radius 1 is 1.36 bits per heavy atom. The molecule has 0 spiro atoms. The van der Waals surface area contributed by atoms with Crippen molar-refractivity contribution in [1.82, 2.24) is 0 Å². The van der Waals surface area contributed by atoms with Crippen LogP contribution in [0.1, 0.15) is 31.9 Å². The average Bonchev–Trinajstić information content (AvgIpc) is 2.23. The smallest absolute Gasteiger partial charge is 0.116 e. The molecule has 3 N–H and O–H groups in total. The molecule has 0 atom stereocenters. The summed E-state index contributed by atoms with van der Waals surface area (Å²) < 4.78 is 0. The Labute approximate surface area is 86.1 Å². The predicted molar refractivity (Wildman–Crippen MR) is 62.0 cm³/mol. The molecule has 78 valence electrons. The summed E-state index contributed by atoms with van der Waals surface area (Å²) in [5, 5.41) is 9.20. The monoisotopic (exact) mass is 193 g/mol. The number of phenols is 1. The molecule has 0 aliphatic rings. The molecule has 0 aliphatic heterocycles. The van der Waals surface area contributed by atoms with Crippen molar-refractivity contribution in [2.75, 3.05) is 0 Å². The van der Waals surface area contributed by atoms with Gasteiger partial charge >= 0.3 is 0 Å². The molecule has 0 aromatic heterocycles. The van der Waals surface area contributed by atoms with E-state index >= 15 is 0 Å². The van der Waals surface area contributed by atoms with E-state index in [-0.39, 0.29) is 5.75 Å². The summed E-state index contributed by atoms with van der Waals surface area (Å²) in [6, 6.07) is 5.17. The van der Waals surface area contributed by atoms with Gasteiger partial charge in [-0.25, -0.2) is 0 Å². The maximum absolute atomic E-state index is 9.20. The lowest BCUT2D eigenvalue weighted by atomic mass is 10.1. The van der Waals surface area contributed by atoms with Crippen LogP contribution in [0.15, 0.2) is 24.3 Å². The molecule has 14 heavy (non-hydrogen) atoms. The first-order valence-electron chi connectivity index (χ1n) is 4.87. The van der Waals surface area contributed by atoms with Crippen molar-refractivity contribution in [2.45, 2.75) is 27.7 Å². The van der Waals surface area contributed by atoms with Gasteiger partial charge in [0.15, 0.2) is 0 Å². The topological polar surface area (TPSA) is 46.2 Å². The van der Waals surface area contributed by atoms with E-state index in [4.69, 9.17) is 5.73 Å². The molecule has 2 nitrogen and oxygen atoms in total. The molecule has 1 aromatic carbocycles. The maximum atomic E-state index is 9.20. The maximum Gasteiger partial charge on any atom is 0.116 e. The first-order valence-corrected chi connectivity index (χ1v) is 4.87. The van der Waals surface area contributed by atoms with Crippen LogP contribution in [-0.2, 0) is 0 Å². The fourth-order valence-corrected chi connectivity index (χ4v) is 1.08. The highest BCUT2D eigenvalue weighted by Gasteiger charge is 2.00. The molecule has 0 bridgehead atoms. The lowest BCUT2D eigenvalue weighted by Crippen LogP contribution is -1.97. The molecule has 0 aliphatic carbocycles. The van der Waals surface area contributed by atoms with E-state index in [9.17, 15) is 5.11 Å². The third-order valence-corrected chi connectivity index (χ3v) is 1.84. The lowest BCUT2D eigenvalue weighted by molar-refractivity contribution is 0.475. The van der Waals surface area contributed by atoms with Crippen LogP contribution in [0.5, 0.6) is 5.75 Å². The van der Waals surface area contributed by atoms with Crippen LogP contribution < -0.4 is 5.73 Å². The number of benzene rings is 1. The molecule has 0 fully saturated rings. The molecule has 0 radical (unpaired) electrons.